The lowest BCUT2D eigenvalue weighted by Gasteiger charge is -2.09. The molecule has 1 aromatic heterocycles. The summed E-state index contributed by atoms with van der Waals surface area (Å²) in [6.07, 6.45) is 0. The number of carbonyl (C=O) groups is 2. The standard InChI is InChI=1S/C21H19ClN4O5/c1-12-10-17(26(29)30)8-9-18(12)23-19(27)11-31-21(28)15-4-6-16(7-5-15)25-14(3)20(22)13(2)24-25/h4-10H,11H2,1-3H3,(H,23,27). The fourth-order valence-electron chi connectivity index (χ4n) is 2.92. The molecule has 2 aromatic carbocycles. The maximum absolute atomic E-state index is 12.2. The van der Waals surface area contributed by atoms with Crippen LogP contribution in [0, 0.1) is 30.9 Å². The number of amides is 1. The number of aromatic nitrogens is 2. The van der Waals surface area contributed by atoms with Crippen LogP contribution in [0.4, 0.5) is 11.4 Å². The largest absolute Gasteiger partial charge is 0.452 e. The molecule has 0 saturated carbocycles. The van der Waals surface area contributed by atoms with Crippen molar-refractivity contribution < 1.29 is 19.2 Å². The van der Waals surface area contributed by atoms with E-state index in [4.69, 9.17) is 16.3 Å². The number of hydrogen-bond acceptors (Lipinski definition) is 6. The summed E-state index contributed by atoms with van der Waals surface area (Å²) in [7, 11) is 0. The van der Waals surface area contributed by atoms with Crippen molar-refractivity contribution in [2.24, 2.45) is 0 Å². The van der Waals surface area contributed by atoms with Gasteiger partial charge < -0.3 is 10.1 Å². The summed E-state index contributed by atoms with van der Waals surface area (Å²) < 4.78 is 6.73. The first-order valence-electron chi connectivity index (χ1n) is 9.21. The van der Waals surface area contributed by atoms with E-state index in [0.29, 0.717) is 22.0 Å². The zero-order valence-electron chi connectivity index (χ0n) is 17.0. The molecule has 1 N–H and O–H groups in total. The van der Waals surface area contributed by atoms with Gasteiger partial charge in [-0.15, -0.1) is 0 Å². The number of benzene rings is 2. The Kier molecular flexibility index (Phi) is 6.36. The number of carbonyl (C=O) groups excluding carboxylic acids is 2. The van der Waals surface area contributed by atoms with E-state index in [1.54, 1.807) is 42.8 Å². The highest BCUT2D eigenvalue weighted by molar-refractivity contribution is 6.31. The van der Waals surface area contributed by atoms with Gasteiger partial charge in [0.2, 0.25) is 0 Å². The number of rotatable bonds is 6. The molecule has 0 aliphatic heterocycles. The van der Waals surface area contributed by atoms with Crippen molar-refractivity contribution in [3.8, 4) is 5.69 Å². The number of nitro groups is 1. The van der Waals surface area contributed by atoms with Gasteiger partial charge >= 0.3 is 5.97 Å². The van der Waals surface area contributed by atoms with Gasteiger partial charge in [0.25, 0.3) is 11.6 Å². The molecule has 0 aliphatic carbocycles. The van der Waals surface area contributed by atoms with Gasteiger partial charge in [-0.2, -0.15) is 5.10 Å². The SMILES string of the molecule is Cc1cc([N+](=O)[O-])ccc1NC(=O)COC(=O)c1ccc(-n2nc(C)c(Cl)c2C)cc1. The van der Waals surface area contributed by atoms with Crippen LogP contribution >= 0.6 is 11.6 Å². The Hall–Kier alpha value is -3.72. The van der Waals surface area contributed by atoms with E-state index in [1.807, 2.05) is 6.92 Å². The Morgan fingerprint density at radius 2 is 1.84 bits per heavy atom. The van der Waals surface area contributed by atoms with Gasteiger partial charge in [-0.1, -0.05) is 11.6 Å². The molecule has 0 fully saturated rings. The molecule has 0 saturated heterocycles. The zero-order chi connectivity index (χ0) is 22.7. The van der Waals surface area contributed by atoms with Crippen molar-refractivity contribution in [2.45, 2.75) is 20.8 Å². The molecule has 31 heavy (non-hydrogen) atoms. The van der Waals surface area contributed by atoms with Crippen LogP contribution in [0.5, 0.6) is 0 Å². The number of nitrogens with zero attached hydrogens (tertiary/aromatic N) is 3. The Labute approximate surface area is 182 Å². The lowest BCUT2D eigenvalue weighted by Crippen LogP contribution is -2.21. The minimum absolute atomic E-state index is 0.0758. The second-order valence-electron chi connectivity index (χ2n) is 6.82. The lowest BCUT2D eigenvalue weighted by atomic mass is 10.2. The van der Waals surface area contributed by atoms with Gasteiger partial charge in [0, 0.05) is 17.8 Å². The van der Waals surface area contributed by atoms with Crippen molar-refractivity contribution in [2.75, 3.05) is 11.9 Å². The van der Waals surface area contributed by atoms with Gasteiger partial charge in [-0.3, -0.25) is 14.9 Å². The second kappa shape index (κ2) is 8.97. The van der Waals surface area contributed by atoms with Gasteiger partial charge in [-0.25, -0.2) is 9.48 Å². The molecule has 3 aromatic rings. The first-order chi connectivity index (χ1) is 14.7. The van der Waals surface area contributed by atoms with Crippen LogP contribution in [-0.4, -0.2) is 33.2 Å². The van der Waals surface area contributed by atoms with Crippen LogP contribution in [0.2, 0.25) is 5.02 Å². The maximum atomic E-state index is 12.2. The van der Waals surface area contributed by atoms with Gasteiger partial charge in [-0.05, 0) is 56.7 Å². The summed E-state index contributed by atoms with van der Waals surface area (Å²) in [5.74, 6) is -1.22. The van der Waals surface area contributed by atoms with E-state index in [0.717, 1.165) is 11.4 Å². The summed E-state index contributed by atoms with van der Waals surface area (Å²) in [4.78, 5) is 34.6. The Morgan fingerprint density at radius 1 is 1.16 bits per heavy atom. The van der Waals surface area contributed by atoms with Gasteiger partial charge in [0.1, 0.15) is 0 Å². The molecule has 1 amide bonds. The average Bonchev–Trinajstić information content (AvgIpc) is 3.00. The first-order valence-corrected chi connectivity index (χ1v) is 9.59. The number of aryl methyl sites for hydroxylation is 2. The summed E-state index contributed by atoms with van der Waals surface area (Å²) >= 11 is 6.16. The molecule has 0 bridgehead atoms. The third-order valence-corrected chi connectivity index (χ3v) is 5.13. The maximum Gasteiger partial charge on any atom is 0.338 e. The quantitative estimate of drug-likeness (QED) is 0.348. The van der Waals surface area contributed by atoms with Crippen LogP contribution < -0.4 is 5.32 Å². The fourth-order valence-corrected chi connectivity index (χ4v) is 3.03. The Balaban J connectivity index is 1.60. The molecular weight excluding hydrogens is 424 g/mol. The highest BCUT2D eigenvalue weighted by Crippen LogP contribution is 2.23. The lowest BCUT2D eigenvalue weighted by molar-refractivity contribution is -0.384. The molecule has 0 spiro atoms. The van der Waals surface area contributed by atoms with Crippen molar-refractivity contribution in [3.63, 3.8) is 0 Å². The van der Waals surface area contributed by atoms with Crippen LogP contribution in [0.25, 0.3) is 5.69 Å². The average molecular weight is 443 g/mol. The number of anilines is 1. The van der Waals surface area contributed by atoms with E-state index in [9.17, 15) is 19.7 Å². The highest BCUT2D eigenvalue weighted by atomic mass is 35.5. The number of ether oxygens (including phenoxy) is 1. The second-order valence-corrected chi connectivity index (χ2v) is 7.20. The van der Waals surface area contributed by atoms with Gasteiger partial charge in [0.05, 0.1) is 32.6 Å². The van der Waals surface area contributed by atoms with Crippen LogP contribution in [0.3, 0.4) is 0 Å². The predicted molar refractivity (Wildman–Crippen MR) is 115 cm³/mol. The topological polar surface area (TPSA) is 116 Å². The molecule has 0 atom stereocenters. The molecule has 160 valence electrons. The van der Waals surface area contributed by atoms with Crippen molar-refractivity contribution in [3.05, 3.63) is 80.1 Å². The van der Waals surface area contributed by atoms with Crippen LogP contribution in [0.15, 0.2) is 42.5 Å². The minimum atomic E-state index is -0.659. The zero-order valence-corrected chi connectivity index (χ0v) is 17.8. The van der Waals surface area contributed by atoms with Crippen LogP contribution in [-0.2, 0) is 9.53 Å². The van der Waals surface area contributed by atoms with Crippen molar-refractivity contribution in [1.82, 2.24) is 9.78 Å². The molecule has 0 aliphatic rings. The molecule has 10 heteroatoms. The third-order valence-electron chi connectivity index (χ3n) is 4.58. The Bertz CT molecular complexity index is 1170. The van der Waals surface area contributed by atoms with Crippen molar-refractivity contribution >= 4 is 34.9 Å². The molecule has 3 rings (SSSR count). The normalized spacial score (nSPS) is 10.6. The monoisotopic (exact) mass is 442 g/mol. The number of non-ortho nitro benzene ring substituents is 1. The molecular formula is C21H19ClN4O5. The molecule has 0 unspecified atom stereocenters. The smallest absolute Gasteiger partial charge is 0.338 e. The van der Waals surface area contributed by atoms with E-state index < -0.39 is 23.4 Å². The summed E-state index contributed by atoms with van der Waals surface area (Å²) in [5.41, 5.74) is 3.34. The summed E-state index contributed by atoms with van der Waals surface area (Å²) in [5, 5.41) is 18.3. The number of esters is 1. The van der Waals surface area contributed by atoms with E-state index in [1.165, 1.54) is 18.2 Å². The van der Waals surface area contributed by atoms with E-state index in [2.05, 4.69) is 10.4 Å². The first kappa shape index (κ1) is 22.0. The van der Waals surface area contributed by atoms with E-state index >= 15 is 0 Å². The number of nitro benzene ring substituents is 1. The van der Waals surface area contributed by atoms with Crippen LogP contribution in [0.1, 0.15) is 27.3 Å². The molecule has 1 heterocycles. The number of nitrogens with one attached hydrogen (secondary N) is 1. The van der Waals surface area contributed by atoms with Gasteiger partial charge in [0.15, 0.2) is 6.61 Å². The number of halogens is 1. The summed E-state index contributed by atoms with van der Waals surface area (Å²) in [6.45, 7) is 4.78. The third kappa shape index (κ3) is 4.89. The Morgan fingerprint density at radius 3 is 2.39 bits per heavy atom. The number of hydrogen-bond donors (Lipinski definition) is 1. The predicted octanol–water partition coefficient (Wildman–Crippen LogP) is 4.15. The molecule has 0 radical (unpaired) electrons. The van der Waals surface area contributed by atoms with E-state index in [-0.39, 0.29) is 11.3 Å². The minimum Gasteiger partial charge on any atom is -0.452 e. The molecule has 9 nitrogen and oxygen atoms in total. The fraction of sp³-hybridized carbons (Fsp3) is 0.190. The highest BCUT2D eigenvalue weighted by Gasteiger charge is 2.15. The summed E-state index contributed by atoms with van der Waals surface area (Å²) in [6, 6.07) is 10.6. The van der Waals surface area contributed by atoms with Crippen molar-refractivity contribution in [1.29, 1.82) is 0 Å².